The van der Waals surface area contributed by atoms with Crippen LogP contribution in [0, 0.1) is 11.8 Å². The number of rotatable bonds is 16. The quantitative estimate of drug-likeness (QED) is 0.0631. The number of carbonyl (C=O) groups is 2. The minimum absolute atomic E-state index is 0.0189. The summed E-state index contributed by atoms with van der Waals surface area (Å²) in [5.41, 5.74) is 11.6. The molecule has 5 rings (SSSR count). The number of nitrogens with zero attached hydrogens (tertiary/aromatic N) is 3. The fraction of sp³-hybridized carbons (Fsp3) is 0.590. The van der Waals surface area contributed by atoms with E-state index in [1.165, 1.54) is 13.2 Å². The van der Waals surface area contributed by atoms with Crippen molar-refractivity contribution in [2.24, 2.45) is 17.0 Å². The van der Waals surface area contributed by atoms with Crippen LogP contribution in [0.1, 0.15) is 37.8 Å². The zero-order chi connectivity index (χ0) is 40.2. The number of ether oxygens (including phenoxy) is 8. The summed E-state index contributed by atoms with van der Waals surface area (Å²) in [6.45, 7) is 7.00. The zero-order valence-electron chi connectivity index (χ0n) is 31.6. The van der Waals surface area contributed by atoms with Crippen LogP contribution in [0.3, 0.4) is 0 Å². The summed E-state index contributed by atoms with van der Waals surface area (Å²) in [6.07, 6.45) is -11.0. The van der Waals surface area contributed by atoms with Crippen LogP contribution in [0.25, 0.3) is 10.4 Å². The molecule has 0 aromatic heterocycles. The van der Waals surface area contributed by atoms with Gasteiger partial charge in [0.05, 0.1) is 63.3 Å². The molecule has 306 valence electrons. The number of benzene rings is 2. The number of esters is 1. The Morgan fingerprint density at radius 3 is 2.16 bits per heavy atom. The Morgan fingerprint density at radius 2 is 1.57 bits per heavy atom. The Balaban J connectivity index is 1.49. The zero-order valence-corrected chi connectivity index (χ0v) is 31.6. The third-order valence-corrected chi connectivity index (χ3v) is 10.4. The lowest BCUT2D eigenvalue weighted by molar-refractivity contribution is -0.336. The average Bonchev–Trinajstić information content (AvgIpc) is 3.21. The molecular formula is C39H52N4O13. The Labute approximate surface area is 325 Å². The third-order valence-electron chi connectivity index (χ3n) is 10.4. The first-order valence-electron chi connectivity index (χ1n) is 18.6. The van der Waals surface area contributed by atoms with Crippen molar-refractivity contribution in [1.82, 2.24) is 5.32 Å². The second-order valence-electron chi connectivity index (χ2n) is 14.1. The molecule has 2 aliphatic heterocycles. The van der Waals surface area contributed by atoms with Crippen LogP contribution in [0.15, 0.2) is 78.4 Å². The molecule has 3 fully saturated rings. The fourth-order valence-electron chi connectivity index (χ4n) is 7.22. The number of hydrogen-bond donors (Lipinski definition) is 4. The van der Waals surface area contributed by atoms with E-state index in [4.69, 9.17) is 37.9 Å². The summed E-state index contributed by atoms with van der Waals surface area (Å²) in [6, 6.07) is 16.8. The lowest BCUT2D eigenvalue weighted by Gasteiger charge is -2.49. The molecule has 3 aliphatic rings. The van der Waals surface area contributed by atoms with E-state index >= 15 is 0 Å². The number of nitrogens with one attached hydrogen (secondary N) is 1. The second kappa shape index (κ2) is 20.9. The third kappa shape index (κ3) is 10.8. The molecule has 56 heavy (non-hydrogen) atoms. The van der Waals surface area contributed by atoms with Gasteiger partial charge in [0, 0.05) is 10.8 Å². The van der Waals surface area contributed by atoms with Gasteiger partial charge in [0.25, 0.3) is 0 Å². The average molecular weight is 785 g/mol. The first-order chi connectivity index (χ1) is 27.1. The summed E-state index contributed by atoms with van der Waals surface area (Å²) < 4.78 is 48.9. The topological polar surface area (TPSA) is 229 Å². The van der Waals surface area contributed by atoms with Crippen LogP contribution in [0.4, 0.5) is 4.79 Å². The number of aliphatic hydroxyl groups excluding tert-OH is 3. The highest BCUT2D eigenvalue weighted by Crippen LogP contribution is 2.39. The summed E-state index contributed by atoms with van der Waals surface area (Å²) in [4.78, 5) is 28.7. The molecule has 0 radical (unpaired) electrons. The van der Waals surface area contributed by atoms with E-state index in [0.29, 0.717) is 0 Å². The second-order valence-corrected chi connectivity index (χ2v) is 14.1. The Kier molecular flexibility index (Phi) is 16.0. The summed E-state index contributed by atoms with van der Waals surface area (Å²) in [5, 5.41) is 38.3. The number of carbonyl (C=O) groups excluding carboxylic acids is 2. The summed E-state index contributed by atoms with van der Waals surface area (Å²) in [7, 11) is 1.23. The van der Waals surface area contributed by atoms with Crippen LogP contribution in [0.5, 0.6) is 0 Å². The molecule has 17 heteroatoms. The molecule has 2 aromatic carbocycles. The van der Waals surface area contributed by atoms with E-state index in [9.17, 15) is 30.4 Å². The van der Waals surface area contributed by atoms with E-state index in [-0.39, 0.29) is 38.6 Å². The molecule has 17 nitrogen and oxygen atoms in total. The van der Waals surface area contributed by atoms with Crippen molar-refractivity contribution in [3.8, 4) is 0 Å². The van der Waals surface area contributed by atoms with Gasteiger partial charge < -0.3 is 58.5 Å². The monoisotopic (exact) mass is 784 g/mol. The van der Waals surface area contributed by atoms with Gasteiger partial charge in [0.1, 0.15) is 37.1 Å². The van der Waals surface area contributed by atoms with Crippen molar-refractivity contribution in [1.29, 1.82) is 0 Å². The predicted octanol–water partition coefficient (Wildman–Crippen LogP) is 3.29. The van der Waals surface area contributed by atoms with Crippen LogP contribution in [-0.2, 0) is 55.9 Å². The molecule has 4 N–H and O–H groups in total. The summed E-state index contributed by atoms with van der Waals surface area (Å²) >= 11 is 0. The Hall–Kier alpha value is -4.13. The fourth-order valence-corrected chi connectivity index (χ4v) is 7.22. The highest BCUT2D eigenvalue weighted by Gasteiger charge is 2.52. The molecule has 2 heterocycles. The maximum absolute atomic E-state index is 13.0. The van der Waals surface area contributed by atoms with Crippen molar-refractivity contribution in [2.75, 3.05) is 20.3 Å². The maximum atomic E-state index is 13.0. The minimum Gasteiger partial charge on any atom is -0.469 e. The molecule has 0 bridgehead atoms. The smallest absolute Gasteiger partial charge is 0.407 e. The van der Waals surface area contributed by atoms with Crippen molar-refractivity contribution < 1.29 is 62.8 Å². The van der Waals surface area contributed by atoms with E-state index in [1.807, 2.05) is 74.5 Å². The van der Waals surface area contributed by atoms with Gasteiger partial charge in [-0.3, -0.25) is 4.79 Å². The van der Waals surface area contributed by atoms with Gasteiger partial charge in [0.2, 0.25) is 0 Å². The standard InChI is InChI=1S/C39H52N4O13/c1-5-16-50-39(48)41-30-32(46)31(45)29(19-44)55-37(30)54-28-18-26(36(47)49-4)17-27(42-43-40)34(28)56-38-35(52-21-25-14-10-7-11-15-25)33(22(2)23(3)53-38)51-20-24-12-8-6-9-13-24/h5-15,22-23,26-35,37-38,44-46H,1,16-21H2,2-4H3,(H,41,48)/t22-,23?,26?,27-,28-,29+,30?,31+,32?,33+,34-,35?,37-,38+/m1/s1. The van der Waals surface area contributed by atoms with Gasteiger partial charge in [-0.2, -0.15) is 0 Å². The van der Waals surface area contributed by atoms with E-state index in [1.54, 1.807) is 0 Å². The Bertz CT molecular complexity index is 1600. The van der Waals surface area contributed by atoms with Gasteiger partial charge in [-0.05, 0) is 36.4 Å². The van der Waals surface area contributed by atoms with Crippen molar-refractivity contribution in [3.05, 3.63) is 94.9 Å². The van der Waals surface area contributed by atoms with Gasteiger partial charge >= 0.3 is 12.1 Å². The number of alkyl carbamates (subject to hydrolysis) is 1. The number of amides is 1. The van der Waals surface area contributed by atoms with Crippen LogP contribution < -0.4 is 5.32 Å². The predicted molar refractivity (Wildman–Crippen MR) is 197 cm³/mol. The van der Waals surface area contributed by atoms with E-state index in [0.717, 1.165) is 11.1 Å². The molecule has 5 unspecified atom stereocenters. The SMILES string of the molecule is C=CCOC(=O)NC1C(O)[C@@H](O)[C@H](CO)O[C@H]1O[C@@H]1CC(C(=O)OC)C[C@@H](N=[N+]=[N-])[C@H]1O[C@@H]1OC(C)[C@@H](C)[C@H](OCc2ccccc2)C1OCc1ccccc1. The minimum atomic E-state index is -1.70. The van der Waals surface area contributed by atoms with Crippen LogP contribution in [-0.4, -0.2) is 121 Å². The first kappa shape index (κ1) is 43.0. The van der Waals surface area contributed by atoms with Gasteiger partial charge in [-0.15, -0.1) is 0 Å². The first-order valence-corrected chi connectivity index (χ1v) is 18.6. The largest absolute Gasteiger partial charge is 0.469 e. The molecule has 14 atom stereocenters. The van der Waals surface area contributed by atoms with Crippen molar-refractivity contribution in [2.45, 2.75) is 113 Å². The highest BCUT2D eigenvalue weighted by atomic mass is 16.7. The van der Waals surface area contributed by atoms with Crippen LogP contribution >= 0.6 is 0 Å². The molecular weight excluding hydrogens is 732 g/mol. The van der Waals surface area contributed by atoms with E-state index < -0.39 is 98.1 Å². The molecule has 1 saturated carbocycles. The molecule has 2 saturated heterocycles. The normalized spacial score (nSPS) is 34.4. The Morgan fingerprint density at radius 1 is 0.929 bits per heavy atom. The van der Waals surface area contributed by atoms with Crippen molar-refractivity contribution in [3.63, 3.8) is 0 Å². The maximum Gasteiger partial charge on any atom is 0.407 e. The number of methoxy groups -OCH3 is 1. The van der Waals surface area contributed by atoms with Gasteiger partial charge in [-0.25, -0.2) is 4.79 Å². The molecule has 2 aromatic rings. The molecule has 1 aliphatic carbocycles. The van der Waals surface area contributed by atoms with Crippen LogP contribution in [0.2, 0.25) is 0 Å². The number of hydrogen-bond acceptors (Lipinski definition) is 14. The van der Waals surface area contributed by atoms with E-state index in [2.05, 4.69) is 21.9 Å². The number of azide groups is 1. The van der Waals surface area contributed by atoms with Gasteiger partial charge in [-0.1, -0.05) is 85.4 Å². The molecule has 1 amide bonds. The lowest BCUT2D eigenvalue weighted by atomic mass is 9.81. The van der Waals surface area contributed by atoms with Crippen molar-refractivity contribution >= 4 is 12.1 Å². The lowest BCUT2D eigenvalue weighted by Crippen LogP contribution is -2.66. The molecule has 0 spiro atoms. The summed E-state index contributed by atoms with van der Waals surface area (Å²) in [5.74, 6) is -1.60. The van der Waals surface area contributed by atoms with Gasteiger partial charge in [0.15, 0.2) is 12.6 Å². The highest BCUT2D eigenvalue weighted by molar-refractivity contribution is 5.72. The number of aliphatic hydroxyl groups is 3.